The number of carbonyl (C=O) groups is 1. The Morgan fingerprint density at radius 1 is 1.29 bits per heavy atom. The molecule has 1 amide bonds. The van der Waals surface area contributed by atoms with Crippen LogP contribution in [-0.4, -0.2) is 55.8 Å². The lowest BCUT2D eigenvalue weighted by Gasteiger charge is -2.16. The van der Waals surface area contributed by atoms with Crippen molar-refractivity contribution >= 4 is 16.8 Å². The van der Waals surface area contributed by atoms with E-state index in [-0.39, 0.29) is 11.9 Å². The molecule has 0 aliphatic carbocycles. The van der Waals surface area contributed by atoms with Crippen LogP contribution >= 0.6 is 0 Å². The quantitative estimate of drug-likeness (QED) is 0.724. The number of nitrogens with zero attached hydrogens (tertiary/aromatic N) is 6. The maximum Gasteiger partial charge on any atom is 0.254 e. The van der Waals surface area contributed by atoms with E-state index in [1.165, 1.54) is 0 Å². The molecule has 0 saturated carbocycles. The SMILES string of the molecule is COc1c2ccc(C(=O)N3CCC(n4nccn4)C3)cc2nn1C. The second-order valence-electron chi connectivity index (χ2n) is 5.91. The maximum atomic E-state index is 12.8. The van der Waals surface area contributed by atoms with Crippen LogP contribution in [0.2, 0.25) is 0 Å². The lowest BCUT2D eigenvalue weighted by atomic mass is 10.1. The summed E-state index contributed by atoms with van der Waals surface area (Å²) in [5.41, 5.74) is 1.39. The molecule has 0 N–H and O–H groups in total. The number of rotatable bonds is 3. The Balaban J connectivity index is 1.57. The van der Waals surface area contributed by atoms with Gasteiger partial charge >= 0.3 is 0 Å². The molecule has 3 aromatic rings. The van der Waals surface area contributed by atoms with Crippen molar-refractivity contribution in [2.45, 2.75) is 12.5 Å². The third-order valence-corrected chi connectivity index (χ3v) is 4.43. The van der Waals surface area contributed by atoms with Gasteiger partial charge in [0.25, 0.3) is 5.91 Å². The van der Waals surface area contributed by atoms with Crippen LogP contribution < -0.4 is 4.74 Å². The molecule has 1 aliphatic rings. The molecule has 8 nitrogen and oxygen atoms in total. The van der Waals surface area contributed by atoms with Gasteiger partial charge in [-0.25, -0.2) is 4.68 Å². The van der Waals surface area contributed by atoms with Gasteiger partial charge in [-0.2, -0.15) is 20.1 Å². The summed E-state index contributed by atoms with van der Waals surface area (Å²) in [5.74, 6) is 0.700. The topological polar surface area (TPSA) is 78.1 Å². The molecule has 1 aromatic carbocycles. The van der Waals surface area contributed by atoms with Crippen molar-refractivity contribution in [2.24, 2.45) is 7.05 Å². The number of likely N-dealkylation sites (tertiary alicyclic amines) is 1. The Labute approximate surface area is 138 Å². The number of benzene rings is 1. The number of methoxy groups -OCH3 is 1. The van der Waals surface area contributed by atoms with Crippen LogP contribution in [0, 0.1) is 0 Å². The highest BCUT2D eigenvalue weighted by Gasteiger charge is 2.29. The zero-order chi connectivity index (χ0) is 16.7. The lowest BCUT2D eigenvalue weighted by Crippen LogP contribution is -2.29. The number of hydrogen-bond donors (Lipinski definition) is 0. The van der Waals surface area contributed by atoms with E-state index >= 15 is 0 Å². The van der Waals surface area contributed by atoms with Crippen molar-refractivity contribution in [3.8, 4) is 5.88 Å². The highest BCUT2D eigenvalue weighted by molar-refractivity contribution is 5.98. The average molecular weight is 326 g/mol. The second-order valence-corrected chi connectivity index (χ2v) is 5.91. The summed E-state index contributed by atoms with van der Waals surface area (Å²) in [6.45, 7) is 1.33. The maximum absolute atomic E-state index is 12.8. The number of aromatic nitrogens is 5. The fourth-order valence-corrected chi connectivity index (χ4v) is 3.26. The molecule has 124 valence electrons. The zero-order valence-electron chi connectivity index (χ0n) is 13.6. The Morgan fingerprint density at radius 2 is 2.08 bits per heavy atom. The highest BCUT2D eigenvalue weighted by Crippen LogP contribution is 2.27. The minimum Gasteiger partial charge on any atom is -0.481 e. The van der Waals surface area contributed by atoms with Gasteiger partial charge in [0.1, 0.15) is 0 Å². The van der Waals surface area contributed by atoms with Crippen molar-refractivity contribution in [2.75, 3.05) is 20.2 Å². The van der Waals surface area contributed by atoms with Crippen molar-refractivity contribution < 1.29 is 9.53 Å². The largest absolute Gasteiger partial charge is 0.481 e. The van der Waals surface area contributed by atoms with Crippen LogP contribution in [0.25, 0.3) is 10.9 Å². The third kappa shape index (κ3) is 2.31. The van der Waals surface area contributed by atoms with E-state index in [1.807, 2.05) is 30.1 Å². The number of hydrogen-bond acceptors (Lipinski definition) is 5. The molecule has 2 aromatic heterocycles. The monoisotopic (exact) mass is 326 g/mol. The van der Waals surface area contributed by atoms with Gasteiger partial charge in [0, 0.05) is 25.7 Å². The van der Waals surface area contributed by atoms with Crippen LogP contribution in [0.1, 0.15) is 22.8 Å². The normalized spacial score (nSPS) is 17.6. The minimum absolute atomic E-state index is 0.0103. The van der Waals surface area contributed by atoms with Crippen molar-refractivity contribution in [3.05, 3.63) is 36.2 Å². The molecule has 0 radical (unpaired) electrons. The Bertz CT molecular complexity index is 885. The lowest BCUT2D eigenvalue weighted by molar-refractivity contribution is 0.0786. The van der Waals surface area contributed by atoms with E-state index in [0.717, 1.165) is 17.3 Å². The number of ether oxygens (including phenoxy) is 1. The summed E-state index contributed by atoms with van der Waals surface area (Å²) in [6.07, 6.45) is 4.18. The minimum atomic E-state index is 0.0103. The molecule has 0 bridgehead atoms. The first kappa shape index (κ1) is 14.7. The average Bonchev–Trinajstić information content (AvgIpc) is 3.31. The molecular weight excluding hydrogens is 308 g/mol. The van der Waals surface area contributed by atoms with Crippen LogP contribution in [0.3, 0.4) is 0 Å². The predicted molar refractivity (Wildman–Crippen MR) is 86.8 cm³/mol. The molecule has 1 saturated heterocycles. The number of fused-ring (bicyclic) bond motifs is 1. The van der Waals surface area contributed by atoms with Crippen molar-refractivity contribution in [1.82, 2.24) is 29.7 Å². The van der Waals surface area contributed by atoms with E-state index in [1.54, 1.807) is 29.0 Å². The first-order chi connectivity index (χ1) is 11.7. The van der Waals surface area contributed by atoms with Gasteiger partial charge in [0.2, 0.25) is 5.88 Å². The van der Waals surface area contributed by atoms with E-state index in [2.05, 4.69) is 15.3 Å². The molecule has 1 aliphatic heterocycles. The van der Waals surface area contributed by atoms with Crippen LogP contribution in [0.15, 0.2) is 30.6 Å². The molecule has 0 spiro atoms. The van der Waals surface area contributed by atoms with Crippen LogP contribution in [-0.2, 0) is 7.05 Å². The molecular formula is C16H18N6O2. The summed E-state index contributed by atoms with van der Waals surface area (Å²) in [6, 6.07) is 5.67. The van der Waals surface area contributed by atoms with Gasteiger partial charge in [0.05, 0.1) is 36.4 Å². The summed E-state index contributed by atoms with van der Waals surface area (Å²) >= 11 is 0. The van der Waals surface area contributed by atoms with E-state index in [0.29, 0.717) is 24.5 Å². The summed E-state index contributed by atoms with van der Waals surface area (Å²) < 4.78 is 7.02. The molecule has 24 heavy (non-hydrogen) atoms. The van der Waals surface area contributed by atoms with Gasteiger partial charge in [-0.15, -0.1) is 0 Å². The summed E-state index contributed by atoms with van der Waals surface area (Å²) in [5, 5.41) is 13.6. The Hall–Kier alpha value is -2.90. The van der Waals surface area contributed by atoms with Gasteiger partial charge in [-0.3, -0.25) is 4.79 Å². The summed E-state index contributed by atoms with van der Waals surface area (Å²) in [4.78, 5) is 16.3. The fourth-order valence-electron chi connectivity index (χ4n) is 3.26. The standard InChI is InChI=1S/C16H18N6O2/c1-20-16(24-2)13-4-3-11(9-14(13)19-20)15(23)21-8-5-12(10-21)22-17-6-7-18-22/h3-4,6-7,9,12H,5,8,10H2,1-2H3. The van der Waals surface area contributed by atoms with Crippen molar-refractivity contribution in [3.63, 3.8) is 0 Å². The van der Waals surface area contributed by atoms with Gasteiger partial charge in [-0.1, -0.05) is 0 Å². The van der Waals surface area contributed by atoms with Gasteiger partial charge in [-0.05, 0) is 24.6 Å². The van der Waals surface area contributed by atoms with Gasteiger partial charge in [0.15, 0.2) is 0 Å². The number of carbonyl (C=O) groups excluding carboxylic acids is 1. The van der Waals surface area contributed by atoms with Crippen LogP contribution in [0.5, 0.6) is 5.88 Å². The molecule has 4 rings (SSSR count). The number of amides is 1. The second kappa shape index (κ2) is 5.63. The number of aryl methyl sites for hydroxylation is 1. The predicted octanol–water partition coefficient (Wildman–Crippen LogP) is 1.26. The van der Waals surface area contributed by atoms with Gasteiger partial charge < -0.3 is 9.64 Å². The molecule has 1 atom stereocenters. The third-order valence-electron chi connectivity index (χ3n) is 4.43. The fraction of sp³-hybridized carbons (Fsp3) is 0.375. The zero-order valence-corrected chi connectivity index (χ0v) is 13.6. The molecule has 1 fully saturated rings. The summed E-state index contributed by atoms with van der Waals surface area (Å²) in [7, 11) is 3.44. The van der Waals surface area contributed by atoms with E-state index < -0.39 is 0 Å². The highest BCUT2D eigenvalue weighted by atomic mass is 16.5. The molecule has 3 heterocycles. The van der Waals surface area contributed by atoms with Crippen molar-refractivity contribution in [1.29, 1.82) is 0 Å². The molecule has 8 heteroatoms. The Kier molecular flexibility index (Phi) is 3.44. The first-order valence-electron chi connectivity index (χ1n) is 7.83. The van der Waals surface area contributed by atoms with E-state index in [4.69, 9.17) is 4.74 Å². The molecule has 1 unspecified atom stereocenters. The van der Waals surface area contributed by atoms with E-state index in [9.17, 15) is 4.79 Å². The Morgan fingerprint density at radius 3 is 2.83 bits per heavy atom. The smallest absolute Gasteiger partial charge is 0.254 e. The van der Waals surface area contributed by atoms with Crippen LogP contribution in [0.4, 0.5) is 0 Å². The first-order valence-corrected chi connectivity index (χ1v) is 7.83.